The minimum atomic E-state index is -1.08. The summed E-state index contributed by atoms with van der Waals surface area (Å²) in [5.41, 5.74) is 0.561. The molecule has 3 atom stereocenters. The topological polar surface area (TPSA) is 84.0 Å². The van der Waals surface area contributed by atoms with Crippen LogP contribution in [0.1, 0.15) is 67.7 Å². The number of nitrogens with zero attached hydrogens (tertiary/aromatic N) is 2. The van der Waals surface area contributed by atoms with Crippen molar-refractivity contribution >= 4 is 23.7 Å². The summed E-state index contributed by atoms with van der Waals surface area (Å²) in [5.74, 6) is -2.35. The largest absolute Gasteiger partial charge is 0.454 e. The summed E-state index contributed by atoms with van der Waals surface area (Å²) in [7, 11) is 0. The first-order chi connectivity index (χ1) is 13.7. The van der Waals surface area contributed by atoms with Crippen LogP contribution in [0.2, 0.25) is 0 Å². The van der Waals surface area contributed by atoms with Gasteiger partial charge >= 0.3 is 5.97 Å². The van der Waals surface area contributed by atoms with Crippen LogP contribution in [0.25, 0.3) is 0 Å². The first-order valence-electron chi connectivity index (χ1n) is 10.2. The van der Waals surface area contributed by atoms with Gasteiger partial charge in [0.1, 0.15) is 6.04 Å². The number of carbonyl (C=O) groups is 4. The van der Waals surface area contributed by atoms with Gasteiger partial charge in [0, 0.05) is 12.1 Å². The van der Waals surface area contributed by atoms with Gasteiger partial charge in [-0.25, -0.2) is 4.79 Å². The fourth-order valence-electron chi connectivity index (χ4n) is 4.34. The fourth-order valence-corrected chi connectivity index (χ4v) is 4.34. The van der Waals surface area contributed by atoms with Crippen molar-refractivity contribution in [3.05, 3.63) is 35.4 Å². The van der Waals surface area contributed by atoms with E-state index in [2.05, 4.69) is 0 Å². The molecule has 0 N–H and O–H groups in total. The van der Waals surface area contributed by atoms with Crippen molar-refractivity contribution in [1.82, 2.24) is 9.80 Å². The normalized spacial score (nSPS) is 22.7. The van der Waals surface area contributed by atoms with Gasteiger partial charge in [0.05, 0.1) is 11.1 Å². The van der Waals surface area contributed by atoms with Gasteiger partial charge < -0.3 is 9.64 Å². The second kappa shape index (κ2) is 8.35. The number of imide groups is 1. The summed E-state index contributed by atoms with van der Waals surface area (Å²) in [5, 5.41) is 0. The average molecular weight is 400 g/mol. The van der Waals surface area contributed by atoms with E-state index in [-0.39, 0.29) is 41.6 Å². The number of piperidine rings is 1. The smallest absolute Gasteiger partial charge is 0.330 e. The number of amides is 3. The molecule has 29 heavy (non-hydrogen) atoms. The Labute approximate surface area is 171 Å². The van der Waals surface area contributed by atoms with Crippen LogP contribution in [0.3, 0.4) is 0 Å². The minimum Gasteiger partial charge on any atom is -0.454 e. The molecule has 0 unspecified atom stereocenters. The molecule has 7 heteroatoms. The van der Waals surface area contributed by atoms with Crippen molar-refractivity contribution in [2.75, 3.05) is 6.61 Å². The number of hydrogen-bond donors (Lipinski definition) is 0. The van der Waals surface area contributed by atoms with Crippen molar-refractivity contribution in [3.8, 4) is 0 Å². The molecule has 2 aliphatic rings. The van der Waals surface area contributed by atoms with Gasteiger partial charge in [-0.2, -0.15) is 0 Å². The zero-order valence-corrected chi connectivity index (χ0v) is 17.4. The predicted molar refractivity (Wildman–Crippen MR) is 106 cm³/mol. The summed E-state index contributed by atoms with van der Waals surface area (Å²) in [6, 6.07) is 5.61. The maximum Gasteiger partial charge on any atom is 0.330 e. The van der Waals surface area contributed by atoms with Gasteiger partial charge in [-0.05, 0) is 51.2 Å². The molecule has 2 aliphatic heterocycles. The molecule has 0 aromatic heterocycles. The molecule has 0 radical (unpaired) electrons. The van der Waals surface area contributed by atoms with E-state index in [0.717, 1.165) is 24.2 Å². The maximum atomic E-state index is 12.8. The van der Waals surface area contributed by atoms with Crippen molar-refractivity contribution < 1.29 is 23.9 Å². The Balaban J connectivity index is 1.72. The van der Waals surface area contributed by atoms with Crippen molar-refractivity contribution in [3.63, 3.8) is 0 Å². The van der Waals surface area contributed by atoms with Gasteiger partial charge in [0.15, 0.2) is 6.61 Å². The van der Waals surface area contributed by atoms with E-state index >= 15 is 0 Å². The van der Waals surface area contributed by atoms with E-state index in [0.29, 0.717) is 0 Å². The molecule has 1 saturated heterocycles. The summed E-state index contributed by atoms with van der Waals surface area (Å²) in [4.78, 5) is 53.7. The third-order valence-electron chi connectivity index (χ3n) is 5.80. The van der Waals surface area contributed by atoms with E-state index in [1.165, 1.54) is 0 Å². The number of likely N-dealkylation sites (tertiary alicyclic amines) is 1. The highest BCUT2D eigenvalue weighted by Gasteiger charge is 2.45. The lowest BCUT2D eigenvalue weighted by molar-refractivity contribution is -0.158. The molecule has 1 fully saturated rings. The SMILES string of the molecule is CC(C)[C@H](C(=O)OCC(=O)N1[C@@H](C)CCC[C@@H]1C)N1C(=O)c2ccccc2C1=O. The Hall–Kier alpha value is -2.70. The lowest BCUT2D eigenvalue weighted by Crippen LogP contribution is -2.51. The quantitative estimate of drug-likeness (QED) is 0.560. The summed E-state index contributed by atoms with van der Waals surface area (Å²) in [6.45, 7) is 7.08. The van der Waals surface area contributed by atoms with Gasteiger partial charge in [-0.1, -0.05) is 26.0 Å². The zero-order valence-electron chi connectivity index (χ0n) is 17.4. The molecule has 0 spiro atoms. The minimum absolute atomic E-state index is 0.0992. The second-order valence-electron chi connectivity index (χ2n) is 8.25. The molecule has 156 valence electrons. The Morgan fingerprint density at radius 3 is 2.03 bits per heavy atom. The maximum absolute atomic E-state index is 12.8. The second-order valence-corrected chi connectivity index (χ2v) is 8.25. The summed E-state index contributed by atoms with van der Waals surface area (Å²) < 4.78 is 5.31. The number of benzene rings is 1. The Kier molecular flexibility index (Phi) is 6.05. The number of hydrogen-bond acceptors (Lipinski definition) is 5. The highest BCUT2D eigenvalue weighted by molar-refractivity contribution is 6.22. The fraction of sp³-hybridized carbons (Fsp3) is 0.545. The van der Waals surface area contributed by atoms with E-state index < -0.39 is 23.8 Å². The number of fused-ring (bicyclic) bond motifs is 1. The van der Waals surface area contributed by atoms with Crippen molar-refractivity contribution in [2.24, 2.45) is 5.92 Å². The number of rotatable bonds is 5. The molecule has 0 aliphatic carbocycles. The van der Waals surface area contributed by atoms with Crippen LogP contribution >= 0.6 is 0 Å². The molecule has 0 saturated carbocycles. The van der Waals surface area contributed by atoms with E-state index in [1.807, 2.05) is 13.8 Å². The monoisotopic (exact) mass is 400 g/mol. The number of esters is 1. The van der Waals surface area contributed by atoms with Crippen molar-refractivity contribution in [1.29, 1.82) is 0 Å². The third-order valence-corrected chi connectivity index (χ3v) is 5.80. The zero-order chi connectivity index (χ0) is 21.3. The molecular weight excluding hydrogens is 372 g/mol. The van der Waals surface area contributed by atoms with Crippen molar-refractivity contribution in [2.45, 2.75) is 65.1 Å². The Bertz CT molecular complexity index is 789. The molecule has 3 rings (SSSR count). The average Bonchev–Trinajstić information content (AvgIpc) is 2.92. The van der Waals surface area contributed by atoms with Gasteiger partial charge in [-0.15, -0.1) is 0 Å². The molecule has 1 aromatic rings. The van der Waals surface area contributed by atoms with Crippen LogP contribution in [0.5, 0.6) is 0 Å². The van der Waals surface area contributed by atoms with Crippen LogP contribution in [0, 0.1) is 5.92 Å². The van der Waals surface area contributed by atoms with Gasteiger partial charge in [0.25, 0.3) is 17.7 Å². The summed E-state index contributed by atoms with van der Waals surface area (Å²) in [6.07, 6.45) is 2.92. The van der Waals surface area contributed by atoms with Crippen LogP contribution in [-0.2, 0) is 14.3 Å². The molecule has 0 bridgehead atoms. The molecule has 7 nitrogen and oxygen atoms in total. The van der Waals surface area contributed by atoms with E-state index in [1.54, 1.807) is 43.0 Å². The van der Waals surface area contributed by atoms with Crippen LogP contribution in [0.15, 0.2) is 24.3 Å². The molecule has 2 heterocycles. The van der Waals surface area contributed by atoms with E-state index in [9.17, 15) is 19.2 Å². The van der Waals surface area contributed by atoms with Gasteiger partial charge in [0.2, 0.25) is 0 Å². The number of ether oxygens (including phenoxy) is 1. The third kappa shape index (κ3) is 3.91. The first kappa shape index (κ1) is 21.0. The molecule has 1 aromatic carbocycles. The predicted octanol–water partition coefficient (Wildman–Crippen LogP) is 2.64. The standard InChI is InChI=1S/C22H28N2O5/c1-13(2)19(24-20(26)16-10-5-6-11-17(16)21(24)27)22(28)29-12-18(25)23-14(3)8-7-9-15(23)4/h5-6,10-11,13-15,19H,7-9,12H2,1-4H3/t14-,15-,19+/m0/s1. The molecule has 3 amide bonds. The lowest BCUT2D eigenvalue weighted by atomic mass is 9.97. The van der Waals surface area contributed by atoms with Crippen LogP contribution in [-0.4, -0.2) is 58.2 Å². The Morgan fingerprint density at radius 1 is 1.03 bits per heavy atom. The van der Waals surface area contributed by atoms with E-state index in [4.69, 9.17) is 4.74 Å². The Morgan fingerprint density at radius 2 is 1.55 bits per heavy atom. The highest BCUT2D eigenvalue weighted by atomic mass is 16.5. The summed E-state index contributed by atoms with van der Waals surface area (Å²) >= 11 is 0. The number of carbonyl (C=O) groups excluding carboxylic acids is 4. The van der Waals surface area contributed by atoms with Crippen LogP contribution in [0.4, 0.5) is 0 Å². The first-order valence-corrected chi connectivity index (χ1v) is 10.2. The highest BCUT2D eigenvalue weighted by Crippen LogP contribution is 2.28. The lowest BCUT2D eigenvalue weighted by Gasteiger charge is -2.39. The van der Waals surface area contributed by atoms with Gasteiger partial charge in [-0.3, -0.25) is 19.3 Å². The molecular formula is C22H28N2O5. The van der Waals surface area contributed by atoms with Crippen LogP contribution < -0.4 is 0 Å².